The van der Waals surface area contributed by atoms with E-state index in [1.807, 2.05) is 6.07 Å². The van der Waals surface area contributed by atoms with Gasteiger partial charge in [0.15, 0.2) is 5.75 Å². The van der Waals surface area contributed by atoms with Gasteiger partial charge in [-0.15, -0.1) is 0 Å². The van der Waals surface area contributed by atoms with Crippen molar-refractivity contribution in [1.82, 2.24) is 0 Å². The van der Waals surface area contributed by atoms with Crippen LogP contribution in [-0.4, -0.2) is 24.2 Å². The van der Waals surface area contributed by atoms with E-state index in [-0.39, 0.29) is 17.0 Å². The number of benzene rings is 2. The van der Waals surface area contributed by atoms with Gasteiger partial charge in [0.1, 0.15) is 5.56 Å². The molecule has 0 aromatic heterocycles. The van der Waals surface area contributed by atoms with Gasteiger partial charge in [-0.25, -0.2) is 9.59 Å². The van der Waals surface area contributed by atoms with Crippen molar-refractivity contribution in [2.24, 2.45) is 0 Å². The molecule has 3 N–H and O–H groups in total. The second kappa shape index (κ2) is 6.42. The zero-order valence-corrected chi connectivity index (χ0v) is 11.3. The Morgan fingerprint density at radius 3 is 2.38 bits per heavy atom. The molecule has 0 aliphatic carbocycles. The number of urea groups is 1. The molecule has 2 amide bonds. The number of nitrogens with one attached hydrogen (secondary N) is 2. The van der Waals surface area contributed by atoms with Crippen molar-refractivity contribution in [3.8, 4) is 5.75 Å². The summed E-state index contributed by atoms with van der Waals surface area (Å²) in [5.74, 6) is -1.02. The molecule has 2 rings (SSSR count). The number of methoxy groups -OCH3 is 1. The molecule has 6 heteroatoms. The number of esters is 1. The molecule has 0 radical (unpaired) electrons. The zero-order valence-electron chi connectivity index (χ0n) is 11.3. The third-order valence-corrected chi connectivity index (χ3v) is 2.72. The quantitative estimate of drug-likeness (QED) is 0.598. The Labute approximate surface area is 121 Å². The summed E-state index contributed by atoms with van der Waals surface area (Å²) in [7, 11) is 1.21. The first-order chi connectivity index (χ1) is 10.1. The largest absolute Gasteiger partial charge is 0.505 e. The number of amides is 2. The number of hydrogen-bond acceptors (Lipinski definition) is 4. The minimum atomic E-state index is -0.681. The fourth-order valence-electron chi connectivity index (χ4n) is 1.73. The number of anilines is 2. The van der Waals surface area contributed by atoms with Crippen molar-refractivity contribution in [3.63, 3.8) is 0 Å². The fraction of sp³-hybridized carbons (Fsp3) is 0.0667. The zero-order chi connectivity index (χ0) is 15.2. The minimum Gasteiger partial charge on any atom is -0.505 e. The second-order valence-electron chi connectivity index (χ2n) is 4.14. The summed E-state index contributed by atoms with van der Waals surface area (Å²) < 4.78 is 4.55. The fourth-order valence-corrected chi connectivity index (χ4v) is 1.73. The lowest BCUT2D eigenvalue weighted by atomic mass is 10.1. The van der Waals surface area contributed by atoms with Crippen LogP contribution in [-0.2, 0) is 4.74 Å². The van der Waals surface area contributed by atoms with E-state index < -0.39 is 12.0 Å². The third kappa shape index (κ3) is 3.50. The molecule has 0 saturated heterocycles. The molecule has 2 aromatic rings. The summed E-state index contributed by atoms with van der Waals surface area (Å²) in [6.07, 6.45) is 0. The highest BCUT2D eigenvalue weighted by molar-refractivity contribution is 6.02. The molecule has 2 aromatic carbocycles. The molecule has 21 heavy (non-hydrogen) atoms. The number of para-hydroxylation sites is 2. The van der Waals surface area contributed by atoms with Gasteiger partial charge in [-0.1, -0.05) is 24.3 Å². The number of rotatable bonds is 3. The van der Waals surface area contributed by atoms with E-state index in [1.54, 1.807) is 24.3 Å². The lowest BCUT2D eigenvalue weighted by Crippen LogP contribution is -2.19. The van der Waals surface area contributed by atoms with E-state index in [0.717, 1.165) is 0 Å². The lowest BCUT2D eigenvalue weighted by molar-refractivity contribution is 0.0597. The molecular formula is C15H14N2O4. The number of aromatic hydroxyl groups is 1. The smallest absolute Gasteiger partial charge is 0.341 e. The topological polar surface area (TPSA) is 87.7 Å². The Kier molecular flexibility index (Phi) is 4.40. The molecule has 0 atom stereocenters. The summed E-state index contributed by atoms with van der Waals surface area (Å²) in [5, 5.41) is 15.0. The van der Waals surface area contributed by atoms with Gasteiger partial charge < -0.3 is 20.5 Å². The Bertz CT molecular complexity index is 656. The second-order valence-corrected chi connectivity index (χ2v) is 4.14. The van der Waals surface area contributed by atoms with Gasteiger partial charge in [0.2, 0.25) is 0 Å². The van der Waals surface area contributed by atoms with Crippen LogP contribution in [0.1, 0.15) is 10.4 Å². The molecule has 0 unspecified atom stereocenters. The van der Waals surface area contributed by atoms with Crippen LogP contribution in [0.3, 0.4) is 0 Å². The summed E-state index contributed by atoms with van der Waals surface area (Å²) in [5.41, 5.74) is 0.708. The molecular weight excluding hydrogens is 272 g/mol. The molecule has 108 valence electrons. The summed E-state index contributed by atoms with van der Waals surface area (Å²) in [6, 6.07) is 12.7. The Morgan fingerprint density at radius 1 is 1.00 bits per heavy atom. The molecule has 0 spiro atoms. The third-order valence-electron chi connectivity index (χ3n) is 2.72. The maximum Gasteiger partial charge on any atom is 0.341 e. The first-order valence-electron chi connectivity index (χ1n) is 6.15. The van der Waals surface area contributed by atoms with Gasteiger partial charge in [-0.2, -0.15) is 0 Å². The first-order valence-corrected chi connectivity index (χ1v) is 6.15. The van der Waals surface area contributed by atoms with Crippen molar-refractivity contribution in [2.75, 3.05) is 17.7 Å². The number of carbonyl (C=O) groups is 2. The minimum absolute atomic E-state index is 0.0185. The highest BCUT2D eigenvalue weighted by Gasteiger charge is 2.15. The highest BCUT2D eigenvalue weighted by atomic mass is 16.5. The normalized spacial score (nSPS) is 9.76. The van der Waals surface area contributed by atoms with Crippen molar-refractivity contribution in [1.29, 1.82) is 0 Å². The van der Waals surface area contributed by atoms with Crippen molar-refractivity contribution >= 4 is 23.4 Å². The summed E-state index contributed by atoms with van der Waals surface area (Å²) >= 11 is 0. The number of phenols is 1. The Morgan fingerprint density at radius 2 is 1.71 bits per heavy atom. The van der Waals surface area contributed by atoms with Crippen LogP contribution in [0.25, 0.3) is 0 Å². The van der Waals surface area contributed by atoms with Crippen LogP contribution in [0.15, 0.2) is 48.5 Å². The molecule has 0 saturated carbocycles. The molecule has 0 fully saturated rings. The van der Waals surface area contributed by atoms with Crippen molar-refractivity contribution in [3.05, 3.63) is 54.1 Å². The van der Waals surface area contributed by atoms with Gasteiger partial charge in [-0.3, -0.25) is 0 Å². The van der Waals surface area contributed by atoms with Crippen LogP contribution >= 0.6 is 0 Å². The van der Waals surface area contributed by atoms with Crippen LogP contribution in [0.5, 0.6) is 5.75 Å². The maximum absolute atomic E-state index is 11.8. The van der Waals surface area contributed by atoms with Gasteiger partial charge >= 0.3 is 12.0 Å². The van der Waals surface area contributed by atoms with E-state index in [0.29, 0.717) is 5.69 Å². The molecule has 0 bridgehead atoms. The Hall–Kier alpha value is -3.02. The Balaban J connectivity index is 2.13. The highest BCUT2D eigenvalue weighted by Crippen LogP contribution is 2.28. The number of ether oxygens (including phenoxy) is 1. The summed E-state index contributed by atoms with van der Waals surface area (Å²) in [6.45, 7) is 0. The average molecular weight is 286 g/mol. The summed E-state index contributed by atoms with van der Waals surface area (Å²) in [4.78, 5) is 23.3. The van der Waals surface area contributed by atoms with Gasteiger partial charge in [0, 0.05) is 5.69 Å². The number of hydrogen-bond donors (Lipinski definition) is 3. The van der Waals surface area contributed by atoms with Gasteiger partial charge in [-0.05, 0) is 24.3 Å². The van der Waals surface area contributed by atoms with Gasteiger partial charge in [0.05, 0.1) is 12.8 Å². The first kappa shape index (κ1) is 14.4. The van der Waals surface area contributed by atoms with E-state index in [4.69, 9.17) is 0 Å². The average Bonchev–Trinajstić information content (AvgIpc) is 2.49. The van der Waals surface area contributed by atoms with E-state index in [9.17, 15) is 14.7 Å². The molecule has 0 aliphatic heterocycles. The predicted molar refractivity (Wildman–Crippen MR) is 78.5 cm³/mol. The molecule has 0 heterocycles. The molecule has 0 aliphatic rings. The van der Waals surface area contributed by atoms with Crippen LogP contribution in [0.2, 0.25) is 0 Å². The lowest BCUT2D eigenvalue weighted by Gasteiger charge is -2.11. The van der Waals surface area contributed by atoms with Gasteiger partial charge in [0.25, 0.3) is 0 Å². The van der Waals surface area contributed by atoms with E-state index in [2.05, 4.69) is 15.4 Å². The number of carbonyl (C=O) groups excluding carboxylic acids is 2. The van der Waals surface area contributed by atoms with E-state index in [1.165, 1.54) is 25.3 Å². The number of phenolic OH excluding ortho intramolecular Hbond substituents is 1. The monoisotopic (exact) mass is 286 g/mol. The predicted octanol–water partition coefficient (Wildman–Crippen LogP) is 2.82. The molecule has 6 nitrogen and oxygen atoms in total. The SMILES string of the molecule is COC(=O)c1cccc(NC(=O)Nc2ccccc2)c1O. The van der Waals surface area contributed by atoms with Crippen LogP contribution in [0, 0.1) is 0 Å². The van der Waals surface area contributed by atoms with Crippen molar-refractivity contribution < 1.29 is 19.4 Å². The van der Waals surface area contributed by atoms with Crippen LogP contribution in [0.4, 0.5) is 16.2 Å². The maximum atomic E-state index is 11.8. The standard InChI is InChI=1S/C15H14N2O4/c1-21-14(19)11-8-5-9-12(13(11)18)17-15(20)16-10-6-3-2-4-7-10/h2-9,18H,1H3,(H2,16,17,20). The van der Waals surface area contributed by atoms with Crippen molar-refractivity contribution in [2.45, 2.75) is 0 Å². The van der Waals surface area contributed by atoms with Crippen LogP contribution < -0.4 is 10.6 Å². The van der Waals surface area contributed by atoms with E-state index >= 15 is 0 Å².